The summed E-state index contributed by atoms with van der Waals surface area (Å²) in [6.45, 7) is 2.21. The summed E-state index contributed by atoms with van der Waals surface area (Å²) in [4.78, 5) is 22.5. The van der Waals surface area contributed by atoms with E-state index >= 15 is 0 Å². The predicted molar refractivity (Wildman–Crippen MR) is 89.9 cm³/mol. The number of benzene rings is 2. The lowest BCUT2D eigenvalue weighted by atomic mass is 9.92. The molecule has 0 saturated carbocycles. The molecule has 0 spiro atoms. The van der Waals surface area contributed by atoms with E-state index in [9.17, 15) is 9.59 Å². The maximum atomic E-state index is 11.7. The fourth-order valence-electron chi connectivity index (χ4n) is 2.23. The third-order valence-corrected chi connectivity index (χ3v) is 3.66. The van der Waals surface area contributed by atoms with Gasteiger partial charge < -0.3 is 15.6 Å². The molecule has 2 aromatic rings. The SMILES string of the molecule is CC1(c2ccccc2)OC(C(=O)O)=CC1=O.NCc1ccccc1. The number of aliphatic carboxylic acids is 1. The van der Waals surface area contributed by atoms with Gasteiger partial charge in [0.1, 0.15) is 0 Å². The number of carbonyl (C=O) groups is 2. The van der Waals surface area contributed by atoms with Crippen LogP contribution in [0.4, 0.5) is 0 Å². The van der Waals surface area contributed by atoms with Crippen LogP contribution in [0, 0.1) is 0 Å². The number of carboxylic acids is 1. The molecule has 0 radical (unpaired) electrons. The molecule has 1 atom stereocenters. The van der Waals surface area contributed by atoms with Crippen LogP contribution in [0.3, 0.4) is 0 Å². The standard InChI is InChI=1S/C12H10O4.C7H9N/c1-12(8-5-3-2-4-6-8)10(13)7-9(16-12)11(14)15;8-6-7-4-2-1-3-5-7/h2-7H,1H3,(H,14,15);1-5H,6,8H2. The molecule has 0 amide bonds. The Bertz CT molecular complexity index is 740. The molecule has 1 unspecified atom stereocenters. The zero-order chi connectivity index (χ0) is 17.6. The monoisotopic (exact) mass is 325 g/mol. The van der Waals surface area contributed by atoms with Crippen molar-refractivity contribution in [1.29, 1.82) is 0 Å². The third kappa shape index (κ3) is 3.88. The molecular formula is C19H19NO4. The van der Waals surface area contributed by atoms with Gasteiger partial charge in [0, 0.05) is 18.2 Å². The minimum absolute atomic E-state index is 0.309. The Morgan fingerprint density at radius 1 is 1.08 bits per heavy atom. The molecule has 0 saturated heterocycles. The molecule has 0 bridgehead atoms. The molecule has 1 aliphatic heterocycles. The number of ketones is 1. The van der Waals surface area contributed by atoms with E-state index in [0.29, 0.717) is 12.1 Å². The summed E-state index contributed by atoms with van der Waals surface area (Å²) >= 11 is 0. The van der Waals surface area contributed by atoms with Gasteiger partial charge in [-0.15, -0.1) is 0 Å². The molecule has 0 aromatic heterocycles. The van der Waals surface area contributed by atoms with Crippen molar-refractivity contribution in [3.63, 3.8) is 0 Å². The molecule has 24 heavy (non-hydrogen) atoms. The van der Waals surface area contributed by atoms with Crippen LogP contribution in [-0.4, -0.2) is 16.9 Å². The lowest BCUT2D eigenvalue weighted by Gasteiger charge is -2.23. The average Bonchev–Trinajstić information content (AvgIpc) is 2.94. The molecule has 5 heteroatoms. The summed E-state index contributed by atoms with van der Waals surface area (Å²) in [5, 5.41) is 8.76. The van der Waals surface area contributed by atoms with Gasteiger partial charge in [0.2, 0.25) is 11.5 Å². The molecule has 0 fully saturated rings. The van der Waals surface area contributed by atoms with E-state index < -0.39 is 11.6 Å². The molecule has 3 N–H and O–H groups in total. The number of ether oxygens (including phenoxy) is 1. The third-order valence-electron chi connectivity index (χ3n) is 3.66. The minimum atomic E-state index is -1.23. The number of carboxylic acid groups (broad SMARTS) is 1. The van der Waals surface area contributed by atoms with Gasteiger partial charge in [-0.05, 0) is 12.5 Å². The van der Waals surface area contributed by atoms with Gasteiger partial charge in [0.25, 0.3) is 0 Å². The molecule has 3 rings (SSSR count). The first-order chi connectivity index (χ1) is 11.5. The zero-order valence-corrected chi connectivity index (χ0v) is 13.3. The normalized spacial score (nSPS) is 18.9. The van der Waals surface area contributed by atoms with Gasteiger partial charge in [-0.2, -0.15) is 0 Å². The second-order valence-electron chi connectivity index (χ2n) is 5.37. The van der Waals surface area contributed by atoms with Crippen molar-refractivity contribution < 1.29 is 19.4 Å². The Kier molecular flexibility index (Phi) is 5.50. The Hall–Kier alpha value is -2.92. The Morgan fingerprint density at radius 2 is 1.62 bits per heavy atom. The van der Waals surface area contributed by atoms with Crippen molar-refractivity contribution >= 4 is 11.8 Å². The first kappa shape index (κ1) is 17.4. The van der Waals surface area contributed by atoms with E-state index in [2.05, 4.69) is 0 Å². The van der Waals surface area contributed by atoms with Crippen molar-refractivity contribution in [3.8, 4) is 0 Å². The average molecular weight is 325 g/mol. The highest BCUT2D eigenvalue weighted by Crippen LogP contribution is 2.34. The van der Waals surface area contributed by atoms with Crippen molar-refractivity contribution in [2.45, 2.75) is 19.1 Å². The van der Waals surface area contributed by atoms with Crippen LogP contribution >= 0.6 is 0 Å². The van der Waals surface area contributed by atoms with E-state index in [0.717, 1.165) is 6.08 Å². The van der Waals surface area contributed by atoms with E-state index in [4.69, 9.17) is 15.6 Å². The molecule has 124 valence electrons. The molecule has 5 nitrogen and oxygen atoms in total. The van der Waals surface area contributed by atoms with Crippen LogP contribution in [0.1, 0.15) is 18.1 Å². The van der Waals surface area contributed by atoms with Crippen molar-refractivity contribution in [3.05, 3.63) is 83.6 Å². The smallest absolute Gasteiger partial charge is 0.371 e. The van der Waals surface area contributed by atoms with Crippen molar-refractivity contribution in [1.82, 2.24) is 0 Å². The minimum Gasteiger partial charge on any atom is -0.475 e. The summed E-state index contributed by atoms with van der Waals surface area (Å²) in [6, 6.07) is 18.8. The van der Waals surface area contributed by atoms with Gasteiger partial charge in [0.05, 0.1) is 0 Å². The number of hydrogen-bond donors (Lipinski definition) is 2. The summed E-state index contributed by atoms with van der Waals surface area (Å²) in [6.07, 6.45) is 1.02. The summed E-state index contributed by atoms with van der Waals surface area (Å²) < 4.78 is 5.22. The number of rotatable bonds is 3. The van der Waals surface area contributed by atoms with Crippen LogP contribution < -0.4 is 5.73 Å². The zero-order valence-electron chi connectivity index (χ0n) is 13.3. The highest BCUT2D eigenvalue weighted by atomic mass is 16.5. The Balaban J connectivity index is 0.000000219. The van der Waals surface area contributed by atoms with E-state index in [-0.39, 0.29) is 11.5 Å². The molecule has 1 aliphatic rings. The molecule has 0 aliphatic carbocycles. The maximum absolute atomic E-state index is 11.7. The Morgan fingerprint density at radius 3 is 2.04 bits per heavy atom. The first-order valence-corrected chi connectivity index (χ1v) is 7.45. The highest BCUT2D eigenvalue weighted by Gasteiger charge is 2.43. The van der Waals surface area contributed by atoms with Gasteiger partial charge in [-0.3, -0.25) is 4.79 Å². The second-order valence-corrected chi connectivity index (χ2v) is 5.37. The van der Waals surface area contributed by atoms with Crippen LogP contribution in [0.25, 0.3) is 0 Å². The number of hydrogen-bond acceptors (Lipinski definition) is 4. The lowest BCUT2D eigenvalue weighted by molar-refractivity contribution is -0.141. The van der Waals surface area contributed by atoms with Crippen molar-refractivity contribution in [2.24, 2.45) is 5.73 Å². The van der Waals surface area contributed by atoms with E-state index in [1.807, 2.05) is 36.4 Å². The summed E-state index contributed by atoms with van der Waals surface area (Å²) in [7, 11) is 0. The van der Waals surface area contributed by atoms with Gasteiger partial charge >= 0.3 is 5.97 Å². The first-order valence-electron chi connectivity index (χ1n) is 7.45. The molecular weight excluding hydrogens is 306 g/mol. The maximum Gasteiger partial charge on any atom is 0.371 e. The van der Waals surface area contributed by atoms with Crippen LogP contribution in [0.15, 0.2) is 72.5 Å². The number of nitrogens with two attached hydrogens (primary N) is 1. The van der Waals surface area contributed by atoms with Gasteiger partial charge in [0.15, 0.2) is 5.60 Å². The topological polar surface area (TPSA) is 89.6 Å². The molecule has 2 aromatic carbocycles. The van der Waals surface area contributed by atoms with Crippen molar-refractivity contribution in [2.75, 3.05) is 0 Å². The summed E-state index contributed by atoms with van der Waals surface area (Å²) in [5.74, 6) is -1.89. The Labute approximate surface area is 140 Å². The quantitative estimate of drug-likeness (QED) is 0.905. The fraction of sp³-hybridized carbons (Fsp3) is 0.158. The predicted octanol–water partition coefficient (Wildman–Crippen LogP) is 2.61. The van der Waals surface area contributed by atoms with Crippen LogP contribution in [0.2, 0.25) is 0 Å². The van der Waals surface area contributed by atoms with Gasteiger partial charge in [-0.1, -0.05) is 60.7 Å². The summed E-state index contributed by atoms with van der Waals surface area (Å²) in [5.41, 5.74) is 5.97. The highest BCUT2D eigenvalue weighted by molar-refractivity contribution is 6.05. The fourth-order valence-corrected chi connectivity index (χ4v) is 2.23. The van der Waals surface area contributed by atoms with E-state index in [1.165, 1.54) is 5.56 Å². The second kappa shape index (κ2) is 7.57. The molecule has 1 heterocycles. The largest absolute Gasteiger partial charge is 0.475 e. The van der Waals surface area contributed by atoms with E-state index in [1.54, 1.807) is 31.2 Å². The lowest BCUT2D eigenvalue weighted by Crippen LogP contribution is -2.30. The van der Waals surface area contributed by atoms with Gasteiger partial charge in [-0.25, -0.2) is 4.79 Å². The van der Waals surface area contributed by atoms with Crippen LogP contribution in [-0.2, 0) is 26.5 Å². The van der Waals surface area contributed by atoms with Crippen LogP contribution in [0.5, 0.6) is 0 Å². The number of carbonyl (C=O) groups excluding carboxylic acids is 1.